The Morgan fingerprint density at radius 1 is 1.50 bits per heavy atom. The Morgan fingerprint density at radius 3 is 2.36 bits per heavy atom. The maximum atomic E-state index is 11.4. The van der Waals surface area contributed by atoms with Gasteiger partial charge in [0.25, 0.3) is 0 Å². The van der Waals surface area contributed by atoms with Crippen molar-refractivity contribution in [2.75, 3.05) is 0 Å². The number of carbonyl (C=O) groups excluding carboxylic acids is 1. The summed E-state index contributed by atoms with van der Waals surface area (Å²) in [6.07, 6.45) is 1.35. The van der Waals surface area contributed by atoms with E-state index < -0.39 is 23.5 Å². The SMILES string of the molecule is CCCC(N)C(=O)NC(C)(C)C(=O)O. The molecule has 0 radical (unpaired) electrons. The van der Waals surface area contributed by atoms with E-state index in [-0.39, 0.29) is 0 Å². The van der Waals surface area contributed by atoms with Gasteiger partial charge in [0.2, 0.25) is 5.91 Å². The molecule has 0 spiro atoms. The van der Waals surface area contributed by atoms with Gasteiger partial charge in [-0.25, -0.2) is 4.79 Å². The first-order chi connectivity index (χ1) is 6.31. The van der Waals surface area contributed by atoms with E-state index >= 15 is 0 Å². The first-order valence-corrected chi connectivity index (χ1v) is 4.62. The van der Waals surface area contributed by atoms with Gasteiger partial charge in [-0.3, -0.25) is 4.79 Å². The maximum Gasteiger partial charge on any atom is 0.328 e. The second-order valence-electron chi connectivity index (χ2n) is 3.81. The lowest BCUT2D eigenvalue weighted by atomic mass is 10.0. The van der Waals surface area contributed by atoms with E-state index in [9.17, 15) is 9.59 Å². The molecule has 0 rings (SSSR count). The van der Waals surface area contributed by atoms with Crippen molar-refractivity contribution in [3.05, 3.63) is 0 Å². The molecule has 0 aliphatic rings. The van der Waals surface area contributed by atoms with E-state index in [4.69, 9.17) is 10.8 Å². The van der Waals surface area contributed by atoms with E-state index in [1.165, 1.54) is 13.8 Å². The molecule has 0 aromatic carbocycles. The zero-order valence-electron chi connectivity index (χ0n) is 8.83. The minimum atomic E-state index is -1.26. The van der Waals surface area contributed by atoms with Crippen LogP contribution in [0.4, 0.5) is 0 Å². The van der Waals surface area contributed by atoms with Crippen molar-refractivity contribution in [2.45, 2.75) is 45.2 Å². The molecule has 5 nitrogen and oxygen atoms in total. The number of carboxylic acid groups (broad SMARTS) is 1. The standard InChI is InChI=1S/C9H18N2O3/c1-4-5-6(10)7(12)11-9(2,3)8(13)14/h6H,4-5,10H2,1-3H3,(H,11,12)(H,13,14). The summed E-state index contributed by atoms with van der Waals surface area (Å²) in [5.41, 5.74) is 4.27. The van der Waals surface area contributed by atoms with Crippen LogP contribution in [-0.2, 0) is 9.59 Å². The average molecular weight is 202 g/mol. The third-order valence-electron chi connectivity index (χ3n) is 1.91. The number of nitrogens with one attached hydrogen (secondary N) is 1. The Bertz CT molecular complexity index is 226. The molecule has 0 heterocycles. The zero-order chi connectivity index (χ0) is 11.4. The lowest BCUT2D eigenvalue weighted by molar-refractivity contribution is -0.146. The summed E-state index contributed by atoms with van der Waals surface area (Å²) in [7, 11) is 0. The summed E-state index contributed by atoms with van der Waals surface area (Å²) in [4.78, 5) is 22.0. The second kappa shape index (κ2) is 4.95. The van der Waals surface area contributed by atoms with Gasteiger partial charge < -0.3 is 16.2 Å². The zero-order valence-corrected chi connectivity index (χ0v) is 8.83. The van der Waals surface area contributed by atoms with Gasteiger partial charge in [-0.05, 0) is 20.3 Å². The smallest absolute Gasteiger partial charge is 0.328 e. The summed E-state index contributed by atoms with van der Waals surface area (Å²) in [5, 5.41) is 11.1. The molecule has 0 saturated carbocycles. The molecule has 1 unspecified atom stereocenters. The molecule has 1 atom stereocenters. The molecule has 0 aliphatic heterocycles. The van der Waals surface area contributed by atoms with Crippen molar-refractivity contribution in [3.63, 3.8) is 0 Å². The first kappa shape index (κ1) is 12.9. The Kier molecular flexibility index (Phi) is 4.56. The van der Waals surface area contributed by atoms with Gasteiger partial charge in [-0.1, -0.05) is 13.3 Å². The normalized spacial score (nSPS) is 13.4. The van der Waals surface area contributed by atoms with E-state index in [2.05, 4.69) is 5.32 Å². The summed E-state index contributed by atoms with van der Waals surface area (Å²) >= 11 is 0. The Labute approximate surface area is 83.7 Å². The highest BCUT2D eigenvalue weighted by atomic mass is 16.4. The van der Waals surface area contributed by atoms with Gasteiger partial charge in [-0.2, -0.15) is 0 Å². The fourth-order valence-electron chi connectivity index (χ4n) is 0.896. The van der Waals surface area contributed by atoms with Crippen LogP contribution >= 0.6 is 0 Å². The van der Waals surface area contributed by atoms with Gasteiger partial charge in [0.1, 0.15) is 5.54 Å². The van der Waals surface area contributed by atoms with Gasteiger partial charge in [0.15, 0.2) is 0 Å². The van der Waals surface area contributed by atoms with Gasteiger partial charge in [0, 0.05) is 0 Å². The van der Waals surface area contributed by atoms with E-state index in [0.29, 0.717) is 6.42 Å². The highest BCUT2D eigenvalue weighted by Crippen LogP contribution is 2.03. The summed E-state index contributed by atoms with van der Waals surface area (Å²) in [6.45, 7) is 4.76. The van der Waals surface area contributed by atoms with E-state index in [1.807, 2.05) is 6.92 Å². The van der Waals surface area contributed by atoms with E-state index in [0.717, 1.165) is 6.42 Å². The minimum absolute atomic E-state index is 0.417. The van der Waals surface area contributed by atoms with E-state index in [1.54, 1.807) is 0 Å². The molecular weight excluding hydrogens is 184 g/mol. The van der Waals surface area contributed by atoms with Crippen molar-refractivity contribution < 1.29 is 14.7 Å². The molecule has 1 amide bonds. The molecule has 0 saturated heterocycles. The summed E-state index contributed by atoms with van der Waals surface area (Å²) < 4.78 is 0. The lowest BCUT2D eigenvalue weighted by Crippen LogP contribution is -2.54. The Hall–Kier alpha value is -1.10. The number of carboxylic acids is 1. The van der Waals surface area contributed by atoms with Crippen LogP contribution in [0.2, 0.25) is 0 Å². The Morgan fingerprint density at radius 2 is 2.00 bits per heavy atom. The average Bonchev–Trinajstić information content (AvgIpc) is 2.03. The summed E-state index contributed by atoms with van der Waals surface area (Å²) in [6, 6.07) is -0.626. The van der Waals surface area contributed by atoms with Crippen LogP contribution in [0, 0.1) is 0 Å². The number of carbonyl (C=O) groups is 2. The van der Waals surface area contributed by atoms with Crippen LogP contribution in [-0.4, -0.2) is 28.6 Å². The predicted molar refractivity (Wildman–Crippen MR) is 52.7 cm³/mol. The van der Waals surface area contributed by atoms with Crippen LogP contribution in [0.1, 0.15) is 33.6 Å². The second-order valence-corrected chi connectivity index (χ2v) is 3.81. The third kappa shape index (κ3) is 3.74. The topological polar surface area (TPSA) is 92.4 Å². The molecule has 0 aliphatic carbocycles. The molecule has 4 N–H and O–H groups in total. The molecule has 0 aromatic rings. The first-order valence-electron chi connectivity index (χ1n) is 4.62. The van der Waals surface area contributed by atoms with Crippen LogP contribution in [0.5, 0.6) is 0 Å². The highest BCUT2D eigenvalue weighted by Gasteiger charge is 2.30. The van der Waals surface area contributed by atoms with Crippen molar-refractivity contribution in [1.29, 1.82) is 0 Å². The third-order valence-corrected chi connectivity index (χ3v) is 1.91. The maximum absolute atomic E-state index is 11.4. The van der Waals surface area contributed by atoms with Gasteiger partial charge >= 0.3 is 5.97 Å². The summed E-state index contributed by atoms with van der Waals surface area (Å²) in [5.74, 6) is -1.49. The number of aliphatic carboxylic acids is 1. The highest BCUT2D eigenvalue weighted by molar-refractivity contribution is 5.88. The van der Waals surface area contributed by atoms with Crippen molar-refractivity contribution in [3.8, 4) is 0 Å². The Balaban J connectivity index is 4.24. The lowest BCUT2D eigenvalue weighted by Gasteiger charge is -2.23. The molecule has 5 heteroatoms. The molecule has 0 bridgehead atoms. The predicted octanol–water partition coefficient (Wildman–Crippen LogP) is 0.0932. The number of hydrogen-bond acceptors (Lipinski definition) is 3. The number of amides is 1. The molecular formula is C9H18N2O3. The largest absolute Gasteiger partial charge is 0.480 e. The van der Waals surface area contributed by atoms with Gasteiger partial charge in [0.05, 0.1) is 6.04 Å². The molecule has 82 valence electrons. The minimum Gasteiger partial charge on any atom is -0.480 e. The number of hydrogen-bond donors (Lipinski definition) is 3. The van der Waals surface area contributed by atoms with Crippen LogP contribution < -0.4 is 11.1 Å². The van der Waals surface area contributed by atoms with Crippen molar-refractivity contribution in [2.24, 2.45) is 5.73 Å². The van der Waals surface area contributed by atoms with Crippen LogP contribution in [0.3, 0.4) is 0 Å². The van der Waals surface area contributed by atoms with Crippen molar-refractivity contribution >= 4 is 11.9 Å². The van der Waals surface area contributed by atoms with Crippen molar-refractivity contribution in [1.82, 2.24) is 5.32 Å². The molecule has 14 heavy (non-hydrogen) atoms. The van der Waals surface area contributed by atoms with Crippen LogP contribution in [0.15, 0.2) is 0 Å². The fourth-order valence-corrected chi connectivity index (χ4v) is 0.896. The quantitative estimate of drug-likeness (QED) is 0.589. The number of rotatable bonds is 5. The number of nitrogens with two attached hydrogens (primary N) is 1. The molecule has 0 aromatic heterocycles. The van der Waals surface area contributed by atoms with Crippen LogP contribution in [0.25, 0.3) is 0 Å². The van der Waals surface area contributed by atoms with Gasteiger partial charge in [-0.15, -0.1) is 0 Å². The molecule has 0 fully saturated rings. The fraction of sp³-hybridized carbons (Fsp3) is 0.778. The monoisotopic (exact) mass is 202 g/mol.